The summed E-state index contributed by atoms with van der Waals surface area (Å²) in [6.07, 6.45) is 1.86. The molecule has 116 valence electrons. The molecule has 1 amide bonds. The van der Waals surface area contributed by atoms with Crippen LogP contribution in [0.4, 0.5) is 0 Å². The van der Waals surface area contributed by atoms with E-state index >= 15 is 0 Å². The number of likely N-dealkylation sites (tertiary alicyclic amines) is 1. The van der Waals surface area contributed by atoms with Gasteiger partial charge in [-0.15, -0.1) is 0 Å². The van der Waals surface area contributed by atoms with Crippen molar-refractivity contribution < 1.29 is 4.79 Å². The average molecular weight is 310 g/mol. The third-order valence-electron chi connectivity index (χ3n) is 4.09. The van der Waals surface area contributed by atoms with Gasteiger partial charge in [0.2, 0.25) is 5.91 Å². The second-order valence-corrected chi connectivity index (χ2v) is 6.33. The number of nitrogens with two attached hydrogens (primary N) is 1. The van der Waals surface area contributed by atoms with Gasteiger partial charge in [0.25, 0.3) is 0 Å². The van der Waals surface area contributed by atoms with Crippen LogP contribution in [0, 0.1) is 5.92 Å². The van der Waals surface area contributed by atoms with Gasteiger partial charge in [-0.25, -0.2) is 0 Å². The molecule has 1 aliphatic rings. The summed E-state index contributed by atoms with van der Waals surface area (Å²) in [5, 5.41) is 3.69. The first kappa shape index (κ1) is 16.3. The number of carbonyl (C=O) groups excluding carboxylic acids is 1. The standard InChI is InChI=1S/C16H24ClN3O/c1-12-6-8-20(10-15(12)18)11-16(21)19-7-5-13-3-2-4-14(17)9-13/h2-4,9,12,15H,5-8,10-11,18H2,1H3,(H,19,21). The summed E-state index contributed by atoms with van der Waals surface area (Å²) in [6.45, 7) is 5.01. The molecule has 0 radical (unpaired) electrons. The highest BCUT2D eigenvalue weighted by molar-refractivity contribution is 6.30. The minimum Gasteiger partial charge on any atom is -0.355 e. The van der Waals surface area contributed by atoms with Gasteiger partial charge in [0.15, 0.2) is 0 Å². The molecule has 1 saturated heterocycles. The number of amides is 1. The highest BCUT2D eigenvalue weighted by Crippen LogP contribution is 2.14. The maximum absolute atomic E-state index is 11.9. The molecule has 0 aliphatic carbocycles. The summed E-state index contributed by atoms with van der Waals surface area (Å²) >= 11 is 5.93. The quantitative estimate of drug-likeness (QED) is 0.870. The fraction of sp³-hybridized carbons (Fsp3) is 0.562. The van der Waals surface area contributed by atoms with Gasteiger partial charge >= 0.3 is 0 Å². The Labute approximate surface area is 131 Å². The predicted octanol–water partition coefficient (Wildman–Crippen LogP) is 1.67. The molecular formula is C16H24ClN3O. The van der Waals surface area contributed by atoms with E-state index in [1.807, 2.05) is 24.3 Å². The minimum atomic E-state index is 0.0683. The molecular weight excluding hydrogens is 286 g/mol. The van der Waals surface area contributed by atoms with Gasteiger partial charge in [-0.05, 0) is 43.0 Å². The number of benzene rings is 1. The Hall–Kier alpha value is -1.10. The summed E-state index contributed by atoms with van der Waals surface area (Å²) in [4.78, 5) is 14.1. The molecule has 2 rings (SSSR count). The van der Waals surface area contributed by atoms with Gasteiger partial charge in [0.05, 0.1) is 6.54 Å². The van der Waals surface area contributed by atoms with Crippen LogP contribution in [0.1, 0.15) is 18.9 Å². The van der Waals surface area contributed by atoms with E-state index in [1.54, 1.807) is 0 Å². The van der Waals surface area contributed by atoms with E-state index < -0.39 is 0 Å². The SMILES string of the molecule is CC1CCN(CC(=O)NCCc2cccc(Cl)c2)CC1N. The first-order valence-electron chi connectivity index (χ1n) is 7.53. The number of halogens is 1. The maximum atomic E-state index is 11.9. The second kappa shape index (κ2) is 7.78. The van der Waals surface area contributed by atoms with Crippen LogP contribution < -0.4 is 11.1 Å². The fourth-order valence-electron chi connectivity index (χ4n) is 2.61. The maximum Gasteiger partial charge on any atom is 0.234 e. The molecule has 2 unspecified atom stereocenters. The van der Waals surface area contributed by atoms with Crippen molar-refractivity contribution in [3.63, 3.8) is 0 Å². The smallest absolute Gasteiger partial charge is 0.234 e. The number of nitrogens with one attached hydrogen (secondary N) is 1. The molecule has 21 heavy (non-hydrogen) atoms. The van der Waals surface area contributed by atoms with Gasteiger partial charge in [0.1, 0.15) is 0 Å². The normalized spacial score (nSPS) is 23.0. The minimum absolute atomic E-state index is 0.0683. The van der Waals surface area contributed by atoms with E-state index in [1.165, 1.54) is 0 Å². The molecule has 3 N–H and O–H groups in total. The lowest BCUT2D eigenvalue weighted by atomic mass is 9.94. The largest absolute Gasteiger partial charge is 0.355 e. The zero-order chi connectivity index (χ0) is 15.2. The van der Waals surface area contributed by atoms with E-state index in [0.29, 0.717) is 19.0 Å². The molecule has 0 aromatic heterocycles. The highest BCUT2D eigenvalue weighted by Gasteiger charge is 2.24. The fourth-order valence-corrected chi connectivity index (χ4v) is 2.82. The molecule has 2 atom stereocenters. The Morgan fingerprint density at radius 3 is 3.05 bits per heavy atom. The van der Waals surface area contributed by atoms with Crippen molar-refractivity contribution in [2.45, 2.75) is 25.8 Å². The molecule has 1 aromatic carbocycles. The van der Waals surface area contributed by atoms with Crippen molar-refractivity contribution in [3.05, 3.63) is 34.9 Å². The van der Waals surface area contributed by atoms with E-state index in [4.69, 9.17) is 17.3 Å². The van der Waals surface area contributed by atoms with Gasteiger partial charge in [-0.3, -0.25) is 9.69 Å². The third kappa shape index (κ3) is 5.30. The first-order chi connectivity index (χ1) is 10.0. The van der Waals surface area contributed by atoms with Gasteiger partial charge in [-0.1, -0.05) is 30.7 Å². The lowest BCUT2D eigenvalue weighted by Crippen LogP contribution is -2.50. The molecule has 1 fully saturated rings. The number of carbonyl (C=O) groups is 1. The van der Waals surface area contributed by atoms with E-state index in [0.717, 1.165) is 36.5 Å². The number of nitrogens with zero attached hydrogens (tertiary/aromatic N) is 1. The lowest BCUT2D eigenvalue weighted by Gasteiger charge is -2.34. The first-order valence-corrected chi connectivity index (χ1v) is 7.91. The summed E-state index contributed by atoms with van der Waals surface area (Å²) < 4.78 is 0. The lowest BCUT2D eigenvalue weighted by molar-refractivity contribution is -0.122. The Morgan fingerprint density at radius 1 is 1.52 bits per heavy atom. The van der Waals surface area contributed by atoms with Crippen LogP contribution in [-0.4, -0.2) is 43.0 Å². The third-order valence-corrected chi connectivity index (χ3v) is 4.33. The van der Waals surface area contributed by atoms with Crippen LogP contribution in [0.15, 0.2) is 24.3 Å². The number of hydrogen-bond donors (Lipinski definition) is 2. The molecule has 1 heterocycles. The topological polar surface area (TPSA) is 58.4 Å². The van der Waals surface area contributed by atoms with E-state index in [9.17, 15) is 4.79 Å². The highest BCUT2D eigenvalue weighted by atomic mass is 35.5. The van der Waals surface area contributed by atoms with E-state index in [-0.39, 0.29) is 11.9 Å². The van der Waals surface area contributed by atoms with Crippen LogP contribution in [0.25, 0.3) is 0 Å². The summed E-state index contributed by atoms with van der Waals surface area (Å²) in [5.41, 5.74) is 7.18. The van der Waals surface area contributed by atoms with Gasteiger partial charge in [-0.2, -0.15) is 0 Å². The van der Waals surface area contributed by atoms with Gasteiger partial charge in [0, 0.05) is 24.2 Å². The van der Waals surface area contributed by atoms with Crippen molar-refractivity contribution in [3.8, 4) is 0 Å². The molecule has 0 spiro atoms. The average Bonchev–Trinajstić information content (AvgIpc) is 2.43. The van der Waals surface area contributed by atoms with Crippen LogP contribution >= 0.6 is 11.6 Å². The van der Waals surface area contributed by atoms with Crippen molar-refractivity contribution in [2.75, 3.05) is 26.2 Å². The molecule has 1 aromatic rings. The molecule has 0 saturated carbocycles. The van der Waals surface area contributed by atoms with Crippen LogP contribution in [0.5, 0.6) is 0 Å². The van der Waals surface area contributed by atoms with Crippen molar-refractivity contribution in [1.82, 2.24) is 10.2 Å². The number of piperidine rings is 1. The number of rotatable bonds is 5. The zero-order valence-electron chi connectivity index (χ0n) is 12.5. The molecule has 0 bridgehead atoms. The van der Waals surface area contributed by atoms with Crippen molar-refractivity contribution in [1.29, 1.82) is 0 Å². The van der Waals surface area contributed by atoms with E-state index in [2.05, 4.69) is 17.1 Å². The Bertz CT molecular complexity index is 480. The Kier molecular flexibility index (Phi) is 6.03. The summed E-state index contributed by atoms with van der Waals surface area (Å²) in [6, 6.07) is 7.90. The Morgan fingerprint density at radius 2 is 2.33 bits per heavy atom. The van der Waals surface area contributed by atoms with Crippen molar-refractivity contribution in [2.24, 2.45) is 11.7 Å². The summed E-state index contributed by atoms with van der Waals surface area (Å²) in [7, 11) is 0. The second-order valence-electron chi connectivity index (χ2n) is 5.89. The van der Waals surface area contributed by atoms with Crippen LogP contribution in [0.2, 0.25) is 5.02 Å². The van der Waals surface area contributed by atoms with Crippen molar-refractivity contribution >= 4 is 17.5 Å². The monoisotopic (exact) mass is 309 g/mol. The molecule has 1 aliphatic heterocycles. The van der Waals surface area contributed by atoms with Crippen LogP contribution in [0.3, 0.4) is 0 Å². The van der Waals surface area contributed by atoms with Gasteiger partial charge < -0.3 is 11.1 Å². The van der Waals surface area contributed by atoms with Crippen LogP contribution in [-0.2, 0) is 11.2 Å². The number of hydrogen-bond acceptors (Lipinski definition) is 3. The predicted molar refractivity (Wildman–Crippen MR) is 86.4 cm³/mol. The summed E-state index contributed by atoms with van der Waals surface area (Å²) in [5.74, 6) is 0.617. The molecule has 4 nitrogen and oxygen atoms in total. The molecule has 5 heteroatoms. The Balaban J connectivity index is 1.68. The zero-order valence-corrected chi connectivity index (χ0v) is 13.3.